The van der Waals surface area contributed by atoms with Crippen LogP contribution in [-0.2, 0) is 9.53 Å². The molecule has 1 amide bonds. The summed E-state index contributed by atoms with van der Waals surface area (Å²) in [6.45, 7) is 6.35. The molecule has 0 bridgehead atoms. The molecule has 3 fully saturated rings. The Balaban J connectivity index is 1.22. The van der Waals surface area contributed by atoms with Crippen LogP contribution in [-0.4, -0.2) is 74.9 Å². The lowest BCUT2D eigenvalue weighted by atomic mass is 9.72. The van der Waals surface area contributed by atoms with Gasteiger partial charge in [0.25, 0.3) is 0 Å². The number of amides is 1. The van der Waals surface area contributed by atoms with Gasteiger partial charge in [0.05, 0.1) is 13.2 Å². The summed E-state index contributed by atoms with van der Waals surface area (Å²) < 4.78 is 16.9. The van der Waals surface area contributed by atoms with Crippen LogP contribution in [0.3, 0.4) is 0 Å². The fraction of sp³-hybridized carbons (Fsp3) is 0.696. The molecule has 6 heteroatoms. The van der Waals surface area contributed by atoms with E-state index < -0.39 is 0 Å². The Bertz CT molecular complexity index is 681. The van der Waals surface area contributed by atoms with Gasteiger partial charge in [-0.15, -0.1) is 0 Å². The van der Waals surface area contributed by atoms with Gasteiger partial charge < -0.3 is 19.1 Å². The van der Waals surface area contributed by atoms with Gasteiger partial charge in [-0.25, -0.2) is 0 Å². The van der Waals surface area contributed by atoms with Crippen LogP contribution in [0.2, 0.25) is 0 Å². The molecular formula is C23H34N2O4. The molecular weight excluding hydrogens is 368 g/mol. The summed E-state index contributed by atoms with van der Waals surface area (Å²) in [7, 11) is 1.67. The van der Waals surface area contributed by atoms with Gasteiger partial charge in [0.2, 0.25) is 5.91 Å². The third-order valence-electron chi connectivity index (χ3n) is 6.83. The lowest BCUT2D eigenvalue weighted by Gasteiger charge is -2.47. The minimum absolute atomic E-state index is 0.253. The summed E-state index contributed by atoms with van der Waals surface area (Å²) in [6.07, 6.45) is 6.56. The zero-order chi connectivity index (χ0) is 20.1. The maximum absolute atomic E-state index is 12.4. The SMILES string of the molecule is COc1cccc(OCCN2CCC3(CCC(=O)N(C[C@H]4CCCO4)C3)CC2)c1. The van der Waals surface area contributed by atoms with Crippen LogP contribution >= 0.6 is 0 Å². The van der Waals surface area contributed by atoms with Crippen molar-refractivity contribution in [2.24, 2.45) is 5.41 Å². The molecule has 0 radical (unpaired) electrons. The minimum Gasteiger partial charge on any atom is -0.497 e. The minimum atomic E-state index is 0.253. The Morgan fingerprint density at radius 1 is 1.21 bits per heavy atom. The Hall–Kier alpha value is -1.79. The van der Waals surface area contributed by atoms with Crippen molar-refractivity contribution in [2.45, 2.75) is 44.6 Å². The van der Waals surface area contributed by atoms with Crippen molar-refractivity contribution in [3.05, 3.63) is 24.3 Å². The maximum atomic E-state index is 12.4. The second-order valence-corrected chi connectivity index (χ2v) is 8.78. The second kappa shape index (κ2) is 9.35. The average Bonchev–Trinajstić information content (AvgIpc) is 3.26. The molecule has 1 spiro atoms. The van der Waals surface area contributed by atoms with Crippen molar-refractivity contribution in [3.8, 4) is 11.5 Å². The van der Waals surface area contributed by atoms with Gasteiger partial charge in [0.15, 0.2) is 0 Å². The number of carbonyl (C=O) groups excluding carboxylic acids is 1. The highest BCUT2D eigenvalue weighted by Gasteiger charge is 2.41. The molecule has 1 aromatic rings. The molecule has 0 aliphatic carbocycles. The van der Waals surface area contributed by atoms with Crippen LogP contribution in [0.5, 0.6) is 11.5 Å². The van der Waals surface area contributed by atoms with Crippen LogP contribution in [0.1, 0.15) is 38.5 Å². The van der Waals surface area contributed by atoms with E-state index in [0.29, 0.717) is 24.3 Å². The van der Waals surface area contributed by atoms with Gasteiger partial charge in [0, 0.05) is 38.7 Å². The molecule has 0 aromatic heterocycles. The average molecular weight is 403 g/mol. The van der Waals surface area contributed by atoms with Crippen molar-refractivity contribution in [1.29, 1.82) is 0 Å². The van der Waals surface area contributed by atoms with Gasteiger partial charge in [-0.2, -0.15) is 0 Å². The van der Waals surface area contributed by atoms with Gasteiger partial charge in [0.1, 0.15) is 18.1 Å². The number of hydrogen-bond acceptors (Lipinski definition) is 5. The van der Waals surface area contributed by atoms with Crippen LogP contribution in [0, 0.1) is 5.41 Å². The van der Waals surface area contributed by atoms with Crippen LogP contribution in [0.4, 0.5) is 0 Å². The smallest absolute Gasteiger partial charge is 0.222 e. The largest absolute Gasteiger partial charge is 0.497 e. The van der Waals surface area contributed by atoms with E-state index in [0.717, 1.165) is 70.1 Å². The predicted molar refractivity (Wildman–Crippen MR) is 111 cm³/mol. The maximum Gasteiger partial charge on any atom is 0.222 e. The number of likely N-dealkylation sites (tertiary alicyclic amines) is 2. The normalized spacial score (nSPS) is 24.8. The summed E-state index contributed by atoms with van der Waals surface area (Å²) in [5.41, 5.74) is 0.302. The molecule has 0 saturated carbocycles. The van der Waals surface area contributed by atoms with E-state index in [1.165, 1.54) is 12.8 Å². The molecule has 1 atom stereocenters. The van der Waals surface area contributed by atoms with E-state index in [-0.39, 0.29) is 6.10 Å². The van der Waals surface area contributed by atoms with E-state index in [2.05, 4.69) is 9.80 Å². The molecule has 29 heavy (non-hydrogen) atoms. The monoisotopic (exact) mass is 402 g/mol. The summed E-state index contributed by atoms with van der Waals surface area (Å²) in [5.74, 6) is 2.00. The number of piperidine rings is 2. The van der Waals surface area contributed by atoms with E-state index >= 15 is 0 Å². The fourth-order valence-electron chi connectivity index (χ4n) is 4.95. The number of ether oxygens (including phenoxy) is 3. The molecule has 3 saturated heterocycles. The Kier molecular flexibility index (Phi) is 6.60. The standard InChI is InChI=1S/C23H34N2O4/c1-27-19-4-2-5-20(16-19)29-15-13-24-11-9-23(10-12-24)8-7-22(26)25(18-23)17-21-6-3-14-28-21/h2,4-5,16,21H,3,6-15,17-18H2,1H3/t21-/m1/s1. The van der Waals surface area contributed by atoms with Crippen LogP contribution in [0.25, 0.3) is 0 Å². The van der Waals surface area contributed by atoms with Gasteiger partial charge in [-0.1, -0.05) is 6.07 Å². The number of nitrogens with zero attached hydrogens (tertiary/aromatic N) is 2. The second-order valence-electron chi connectivity index (χ2n) is 8.78. The summed E-state index contributed by atoms with van der Waals surface area (Å²) in [6, 6.07) is 7.77. The Morgan fingerprint density at radius 3 is 2.79 bits per heavy atom. The number of carbonyl (C=O) groups is 1. The fourth-order valence-corrected chi connectivity index (χ4v) is 4.95. The van der Waals surface area contributed by atoms with Crippen molar-refractivity contribution in [2.75, 3.05) is 53.0 Å². The number of hydrogen-bond donors (Lipinski definition) is 0. The molecule has 0 unspecified atom stereocenters. The molecule has 4 rings (SSSR count). The highest BCUT2D eigenvalue weighted by atomic mass is 16.5. The van der Waals surface area contributed by atoms with Crippen molar-refractivity contribution in [1.82, 2.24) is 9.80 Å². The van der Waals surface area contributed by atoms with Crippen LogP contribution in [0.15, 0.2) is 24.3 Å². The van der Waals surface area contributed by atoms with Crippen molar-refractivity contribution >= 4 is 5.91 Å². The van der Waals surface area contributed by atoms with Gasteiger partial charge >= 0.3 is 0 Å². The highest BCUT2D eigenvalue weighted by Crippen LogP contribution is 2.40. The first-order valence-corrected chi connectivity index (χ1v) is 11.0. The van der Waals surface area contributed by atoms with Gasteiger partial charge in [-0.3, -0.25) is 9.69 Å². The lowest BCUT2D eigenvalue weighted by Crippen LogP contribution is -2.53. The molecule has 3 heterocycles. The van der Waals surface area contributed by atoms with Gasteiger partial charge in [-0.05, 0) is 62.7 Å². The zero-order valence-electron chi connectivity index (χ0n) is 17.6. The Morgan fingerprint density at radius 2 is 2.03 bits per heavy atom. The summed E-state index contributed by atoms with van der Waals surface area (Å²) >= 11 is 0. The highest BCUT2D eigenvalue weighted by molar-refractivity contribution is 5.77. The molecule has 0 N–H and O–H groups in total. The Labute approximate surface area is 174 Å². The molecule has 6 nitrogen and oxygen atoms in total. The van der Waals surface area contributed by atoms with Crippen molar-refractivity contribution < 1.29 is 19.0 Å². The first-order valence-electron chi connectivity index (χ1n) is 11.0. The van der Waals surface area contributed by atoms with E-state index in [1.807, 2.05) is 24.3 Å². The predicted octanol–water partition coefficient (Wildman–Crippen LogP) is 2.96. The van der Waals surface area contributed by atoms with E-state index in [1.54, 1.807) is 7.11 Å². The topological polar surface area (TPSA) is 51.2 Å². The molecule has 1 aromatic carbocycles. The summed E-state index contributed by atoms with van der Waals surface area (Å²) in [4.78, 5) is 17.0. The number of methoxy groups -OCH3 is 1. The quantitative estimate of drug-likeness (QED) is 0.702. The first kappa shape index (κ1) is 20.5. The zero-order valence-corrected chi connectivity index (χ0v) is 17.6. The van der Waals surface area contributed by atoms with Crippen molar-refractivity contribution in [3.63, 3.8) is 0 Å². The van der Waals surface area contributed by atoms with Crippen LogP contribution < -0.4 is 9.47 Å². The molecule has 3 aliphatic rings. The van der Waals surface area contributed by atoms with E-state index in [4.69, 9.17) is 14.2 Å². The third kappa shape index (κ3) is 5.23. The number of rotatable bonds is 7. The van der Waals surface area contributed by atoms with E-state index in [9.17, 15) is 4.79 Å². The lowest BCUT2D eigenvalue weighted by molar-refractivity contribution is -0.141. The first-order chi connectivity index (χ1) is 14.2. The molecule has 160 valence electrons. The number of benzene rings is 1. The summed E-state index contributed by atoms with van der Waals surface area (Å²) in [5, 5.41) is 0. The third-order valence-corrected chi connectivity index (χ3v) is 6.83. The molecule has 3 aliphatic heterocycles.